The Kier molecular flexibility index (Phi) is 5.11. The molecule has 0 aliphatic carbocycles. The number of benzene rings is 1. The first-order valence-electron chi connectivity index (χ1n) is 7.90. The molecule has 26 heavy (non-hydrogen) atoms. The number of fused-ring (bicyclic) bond motifs is 1. The fraction of sp³-hybridized carbons (Fsp3) is 0.222. The number of halogens is 3. The number of hydrogen-bond donors (Lipinski definition) is 1. The number of para-hydroxylation sites is 1. The summed E-state index contributed by atoms with van der Waals surface area (Å²) in [5, 5.41) is 3.76. The van der Waals surface area contributed by atoms with E-state index in [1.54, 1.807) is 0 Å². The third kappa shape index (κ3) is 4.75. The molecule has 2 aromatic heterocycles. The highest BCUT2D eigenvalue weighted by atomic mass is 19.4. The zero-order valence-corrected chi connectivity index (χ0v) is 13.7. The van der Waals surface area contributed by atoms with Crippen molar-refractivity contribution in [1.29, 1.82) is 0 Å². The van der Waals surface area contributed by atoms with Crippen LogP contribution in [0.15, 0.2) is 54.9 Å². The molecule has 0 saturated carbocycles. The van der Waals surface area contributed by atoms with E-state index in [1.165, 1.54) is 18.3 Å². The normalized spacial score (nSPS) is 11.5. The molecule has 1 aromatic carbocycles. The Balaban J connectivity index is 1.51. The van der Waals surface area contributed by atoms with Crippen molar-refractivity contribution in [2.24, 2.45) is 0 Å². The molecular formula is C18H16F3N3O2. The quantitative estimate of drug-likeness (QED) is 0.720. The summed E-state index contributed by atoms with van der Waals surface area (Å²) in [6, 6.07) is 12.6. The number of ether oxygens (including phenoxy) is 1. The molecule has 0 aliphatic rings. The summed E-state index contributed by atoms with van der Waals surface area (Å²) in [4.78, 5) is 15.8. The number of amides is 1. The number of hydrogen-bond acceptors (Lipinski definition) is 3. The number of nitrogens with zero attached hydrogens (tertiary/aromatic N) is 2. The van der Waals surface area contributed by atoms with E-state index in [9.17, 15) is 18.0 Å². The number of rotatable bonds is 6. The lowest BCUT2D eigenvalue weighted by molar-refractivity contribution is -0.154. The third-order valence-corrected chi connectivity index (χ3v) is 3.66. The van der Waals surface area contributed by atoms with Gasteiger partial charge in [0.25, 0.3) is 0 Å². The van der Waals surface area contributed by atoms with Crippen LogP contribution in [0.1, 0.15) is 6.42 Å². The molecule has 0 aliphatic heterocycles. The van der Waals surface area contributed by atoms with E-state index in [0.717, 1.165) is 10.9 Å². The zero-order chi connectivity index (χ0) is 18.6. The number of nitrogens with one attached hydrogen (secondary N) is 1. The summed E-state index contributed by atoms with van der Waals surface area (Å²) >= 11 is 0. The first-order valence-corrected chi connectivity index (χ1v) is 7.90. The van der Waals surface area contributed by atoms with Crippen LogP contribution in [0.3, 0.4) is 0 Å². The first-order chi connectivity index (χ1) is 12.4. The second-order valence-electron chi connectivity index (χ2n) is 5.66. The Morgan fingerprint density at radius 2 is 1.96 bits per heavy atom. The average molecular weight is 363 g/mol. The van der Waals surface area contributed by atoms with Gasteiger partial charge in [-0.25, -0.2) is 4.98 Å². The molecule has 1 amide bonds. The van der Waals surface area contributed by atoms with Gasteiger partial charge in [0.15, 0.2) is 6.61 Å². The topological polar surface area (TPSA) is 56.2 Å². The van der Waals surface area contributed by atoms with Crippen LogP contribution in [-0.2, 0) is 11.3 Å². The summed E-state index contributed by atoms with van der Waals surface area (Å²) in [7, 11) is 0. The third-order valence-electron chi connectivity index (χ3n) is 3.66. The number of aromatic nitrogens is 2. The van der Waals surface area contributed by atoms with Crippen LogP contribution in [0, 0.1) is 0 Å². The van der Waals surface area contributed by atoms with Crippen molar-refractivity contribution in [3.63, 3.8) is 0 Å². The van der Waals surface area contributed by atoms with E-state index in [2.05, 4.69) is 15.0 Å². The van der Waals surface area contributed by atoms with Crippen molar-refractivity contribution >= 4 is 22.5 Å². The standard InChI is InChI=1S/C18H16F3N3O2/c19-18(20,21)12-26-17-6-5-14(11-22-17)23-16(25)8-10-24-9-7-13-3-1-2-4-15(13)24/h1-7,9,11H,8,10,12H2,(H,23,25). The molecule has 2 heterocycles. The summed E-state index contributed by atoms with van der Waals surface area (Å²) < 4.78 is 42.7. The van der Waals surface area contributed by atoms with Gasteiger partial charge < -0.3 is 14.6 Å². The van der Waals surface area contributed by atoms with Gasteiger partial charge in [-0.05, 0) is 23.6 Å². The predicted octanol–water partition coefficient (Wildman–Crippen LogP) is 4.01. The fourth-order valence-corrected chi connectivity index (χ4v) is 2.48. The van der Waals surface area contributed by atoms with Crippen molar-refractivity contribution < 1.29 is 22.7 Å². The second-order valence-corrected chi connectivity index (χ2v) is 5.66. The van der Waals surface area contributed by atoms with Crippen LogP contribution in [0.5, 0.6) is 5.88 Å². The van der Waals surface area contributed by atoms with Gasteiger partial charge in [0.05, 0.1) is 11.9 Å². The van der Waals surface area contributed by atoms with Gasteiger partial charge in [-0.15, -0.1) is 0 Å². The molecule has 0 unspecified atom stereocenters. The molecule has 136 valence electrons. The van der Waals surface area contributed by atoms with Crippen LogP contribution in [0.2, 0.25) is 0 Å². The number of carbonyl (C=O) groups is 1. The van der Waals surface area contributed by atoms with E-state index in [-0.39, 0.29) is 18.2 Å². The Morgan fingerprint density at radius 1 is 1.15 bits per heavy atom. The summed E-state index contributed by atoms with van der Waals surface area (Å²) in [6.07, 6.45) is -0.983. The minimum Gasteiger partial charge on any atom is -0.468 e. The molecule has 0 atom stereocenters. The Morgan fingerprint density at radius 3 is 2.69 bits per heavy atom. The van der Waals surface area contributed by atoms with Gasteiger partial charge in [-0.2, -0.15) is 13.2 Å². The summed E-state index contributed by atoms with van der Waals surface area (Å²) in [5.74, 6) is -0.368. The Labute approximate surface area is 147 Å². The van der Waals surface area contributed by atoms with Crippen LogP contribution < -0.4 is 10.1 Å². The highest BCUT2D eigenvalue weighted by Crippen LogP contribution is 2.18. The van der Waals surface area contributed by atoms with Crippen LogP contribution in [0.25, 0.3) is 10.9 Å². The highest BCUT2D eigenvalue weighted by Gasteiger charge is 2.28. The molecule has 8 heteroatoms. The zero-order valence-electron chi connectivity index (χ0n) is 13.7. The smallest absolute Gasteiger partial charge is 0.422 e. The SMILES string of the molecule is O=C(CCn1ccc2ccccc21)Nc1ccc(OCC(F)(F)F)nc1. The van der Waals surface area contributed by atoms with Gasteiger partial charge in [-0.1, -0.05) is 18.2 Å². The van der Waals surface area contributed by atoms with Crippen molar-refractivity contribution in [1.82, 2.24) is 9.55 Å². The lowest BCUT2D eigenvalue weighted by Gasteiger charge is -2.09. The Hall–Kier alpha value is -3.03. The maximum atomic E-state index is 12.1. The molecule has 0 fully saturated rings. The molecule has 0 saturated heterocycles. The van der Waals surface area contributed by atoms with Crippen molar-refractivity contribution in [2.45, 2.75) is 19.1 Å². The largest absolute Gasteiger partial charge is 0.468 e. The van der Waals surface area contributed by atoms with Crippen LogP contribution in [0.4, 0.5) is 18.9 Å². The maximum absolute atomic E-state index is 12.1. The molecule has 1 N–H and O–H groups in total. The number of pyridine rings is 1. The van der Waals surface area contributed by atoms with Gasteiger partial charge in [0.1, 0.15) is 0 Å². The number of alkyl halides is 3. The molecule has 5 nitrogen and oxygen atoms in total. The van der Waals surface area contributed by atoms with E-state index in [4.69, 9.17) is 0 Å². The Bertz CT molecular complexity index is 889. The summed E-state index contributed by atoms with van der Waals surface area (Å²) in [6.45, 7) is -0.893. The minimum absolute atomic E-state index is 0.154. The van der Waals surface area contributed by atoms with E-state index in [0.29, 0.717) is 12.2 Å². The van der Waals surface area contributed by atoms with Crippen molar-refractivity contribution in [3.8, 4) is 5.88 Å². The van der Waals surface area contributed by atoms with Crippen LogP contribution >= 0.6 is 0 Å². The van der Waals surface area contributed by atoms with Crippen LogP contribution in [-0.4, -0.2) is 28.2 Å². The maximum Gasteiger partial charge on any atom is 0.422 e. The summed E-state index contributed by atoms with van der Waals surface area (Å²) in [5.41, 5.74) is 1.44. The molecule has 0 spiro atoms. The first kappa shape index (κ1) is 17.8. The number of anilines is 1. The molecule has 0 radical (unpaired) electrons. The fourth-order valence-electron chi connectivity index (χ4n) is 2.48. The van der Waals surface area contributed by atoms with Gasteiger partial charge >= 0.3 is 6.18 Å². The predicted molar refractivity (Wildman–Crippen MR) is 91.0 cm³/mol. The lowest BCUT2D eigenvalue weighted by atomic mass is 10.2. The number of aryl methyl sites for hydroxylation is 1. The van der Waals surface area contributed by atoms with E-state index < -0.39 is 12.8 Å². The average Bonchev–Trinajstić information content (AvgIpc) is 3.02. The highest BCUT2D eigenvalue weighted by molar-refractivity contribution is 5.90. The van der Waals surface area contributed by atoms with Crippen molar-refractivity contribution in [3.05, 3.63) is 54.9 Å². The number of carbonyl (C=O) groups excluding carboxylic acids is 1. The van der Waals surface area contributed by atoms with E-state index in [1.807, 2.05) is 41.1 Å². The lowest BCUT2D eigenvalue weighted by Crippen LogP contribution is -2.19. The van der Waals surface area contributed by atoms with Gasteiger partial charge in [-0.3, -0.25) is 4.79 Å². The molecule has 3 rings (SSSR count). The second kappa shape index (κ2) is 7.47. The van der Waals surface area contributed by atoms with Crippen molar-refractivity contribution in [2.75, 3.05) is 11.9 Å². The molecular weight excluding hydrogens is 347 g/mol. The minimum atomic E-state index is -4.42. The molecule has 3 aromatic rings. The van der Waals surface area contributed by atoms with Gasteiger partial charge in [0, 0.05) is 30.7 Å². The molecule has 0 bridgehead atoms. The van der Waals surface area contributed by atoms with E-state index >= 15 is 0 Å². The van der Waals surface area contributed by atoms with Gasteiger partial charge in [0.2, 0.25) is 11.8 Å². The monoisotopic (exact) mass is 363 g/mol.